The highest BCUT2D eigenvalue weighted by atomic mass is 79.9. The summed E-state index contributed by atoms with van der Waals surface area (Å²) in [6.45, 7) is 10.2. The number of hydrogen-bond donors (Lipinski definition) is 1. The van der Waals surface area contributed by atoms with Gasteiger partial charge in [-0.25, -0.2) is 0 Å². The molecular weight excluding hydrogens is 314 g/mol. The van der Waals surface area contributed by atoms with Crippen molar-refractivity contribution in [2.45, 2.75) is 59.4 Å². The highest BCUT2D eigenvalue weighted by Crippen LogP contribution is 2.45. The molecule has 20 heavy (non-hydrogen) atoms. The molecule has 4 heteroatoms. The highest BCUT2D eigenvalue weighted by molar-refractivity contribution is 9.10. The monoisotopic (exact) mass is 341 g/mol. The summed E-state index contributed by atoms with van der Waals surface area (Å²) in [6.07, 6.45) is 5.12. The average Bonchev–Trinajstić information content (AvgIpc) is 2.82. The van der Waals surface area contributed by atoms with Crippen LogP contribution in [0.25, 0.3) is 0 Å². The second-order valence-electron chi connectivity index (χ2n) is 6.83. The molecule has 0 saturated heterocycles. The van der Waals surface area contributed by atoms with Crippen molar-refractivity contribution in [1.82, 2.24) is 15.1 Å². The molecule has 0 aliphatic heterocycles. The maximum atomic E-state index is 4.53. The first-order chi connectivity index (χ1) is 9.36. The van der Waals surface area contributed by atoms with Crippen LogP contribution in [0.15, 0.2) is 4.47 Å². The van der Waals surface area contributed by atoms with Gasteiger partial charge in [-0.15, -0.1) is 0 Å². The van der Waals surface area contributed by atoms with Crippen LogP contribution in [0.5, 0.6) is 0 Å². The minimum absolute atomic E-state index is 0.451. The molecule has 2 unspecified atom stereocenters. The lowest BCUT2D eigenvalue weighted by molar-refractivity contribution is 0.195. The number of aryl methyl sites for hydroxylation is 2. The molecule has 0 amide bonds. The van der Waals surface area contributed by atoms with Gasteiger partial charge in [0.05, 0.1) is 15.9 Å². The van der Waals surface area contributed by atoms with Crippen LogP contribution < -0.4 is 5.32 Å². The van der Waals surface area contributed by atoms with Gasteiger partial charge in [-0.3, -0.25) is 4.68 Å². The summed E-state index contributed by atoms with van der Waals surface area (Å²) in [5.74, 6) is 0.754. The lowest BCUT2D eigenvalue weighted by Crippen LogP contribution is -2.42. The van der Waals surface area contributed by atoms with E-state index in [-0.39, 0.29) is 0 Å². The second kappa shape index (κ2) is 6.18. The Kier molecular flexibility index (Phi) is 4.96. The zero-order chi connectivity index (χ0) is 14.9. The smallest absolute Gasteiger partial charge is 0.0738 e. The molecular formula is C16H28BrN3. The largest absolute Gasteiger partial charge is 0.314 e. The maximum absolute atomic E-state index is 4.53. The highest BCUT2D eigenvalue weighted by Gasteiger charge is 2.39. The summed E-state index contributed by atoms with van der Waals surface area (Å²) in [6, 6.07) is 0.545. The van der Waals surface area contributed by atoms with Gasteiger partial charge in [0.1, 0.15) is 0 Å². The Morgan fingerprint density at radius 2 is 2.20 bits per heavy atom. The lowest BCUT2D eigenvalue weighted by Gasteiger charge is -2.35. The summed E-state index contributed by atoms with van der Waals surface area (Å²) >= 11 is 3.71. The summed E-state index contributed by atoms with van der Waals surface area (Å²) in [7, 11) is 2.05. The molecule has 2 atom stereocenters. The van der Waals surface area contributed by atoms with Crippen LogP contribution >= 0.6 is 15.9 Å². The van der Waals surface area contributed by atoms with Gasteiger partial charge in [-0.1, -0.05) is 27.2 Å². The van der Waals surface area contributed by atoms with E-state index in [4.69, 9.17) is 0 Å². The molecule has 1 N–H and O–H groups in total. The van der Waals surface area contributed by atoms with E-state index in [1.165, 1.54) is 29.4 Å². The van der Waals surface area contributed by atoms with E-state index < -0.39 is 0 Å². The van der Waals surface area contributed by atoms with E-state index >= 15 is 0 Å². The minimum Gasteiger partial charge on any atom is -0.314 e. The summed E-state index contributed by atoms with van der Waals surface area (Å²) < 4.78 is 3.21. The van der Waals surface area contributed by atoms with E-state index in [1.54, 1.807) is 0 Å². The standard InChI is InChI=1S/C16H28BrN3/c1-6-18-13(12-8-7-9-16(12,3)4)10-14-15(17)11(2)19-20(14)5/h12-13,18H,6-10H2,1-5H3. The van der Waals surface area contributed by atoms with Crippen molar-refractivity contribution >= 4 is 15.9 Å². The van der Waals surface area contributed by atoms with Crippen molar-refractivity contribution in [3.8, 4) is 0 Å². The number of nitrogens with zero attached hydrogens (tertiary/aromatic N) is 2. The van der Waals surface area contributed by atoms with Gasteiger partial charge in [0.25, 0.3) is 0 Å². The number of likely N-dealkylation sites (N-methyl/N-ethyl adjacent to an activating group) is 1. The molecule has 0 aromatic carbocycles. The lowest BCUT2D eigenvalue weighted by atomic mass is 9.76. The molecule has 2 rings (SSSR count). The molecule has 114 valence electrons. The number of halogens is 1. The maximum Gasteiger partial charge on any atom is 0.0738 e. The van der Waals surface area contributed by atoms with Crippen molar-refractivity contribution in [2.75, 3.05) is 6.54 Å². The number of nitrogens with one attached hydrogen (secondary N) is 1. The molecule has 1 aliphatic rings. The summed E-state index contributed by atoms with van der Waals surface area (Å²) in [4.78, 5) is 0. The first-order valence-corrected chi connectivity index (χ1v) is 8.57. The third-order valence-corrected chi connectivity index (χ3v) is 6.00. The van der Waals surface area contributed by atoms with Crippen molar-refractivity contribution in [3.05, 3.63) is 15.9 Å². The third kappa shape index (κ3) is 3.11. The van der Waals surface area contributed by atoms with Crippen LogP contribution in [0.4, 0.5) is 0 Å². The number of aromatic nitrogens is 2. The minimum atomic E-state index is 0.451. The topological polar surface area (TPSA) is 29.9 Å². The average molecular weight is 342 g/mol. The number of hydrogen-bond acceptors (Lipinski definition) is 2. The second-order valence-corrected chi connectivity index (χ2v) is 7.62. The molecule has 1 aliphatic carbocycles. The van der Waals surface area contributed by atoms with Crippen LogP contribution in [-0.2, 0) is 13.5 Å². The first kappa shape index (κ1) is 16.0. The third-order valence-electron chi connectivity index (χ3n) is 4.97. The Morgan fingerprint density at radius 1 is 1.50 bits per heavy atom. The molecule has 1 saturated carbocycles. The molecule has 0 spiro atoms. The molecule has 1 aromatic rings. The zero-order valence-corrected chi connectivity index (χ0v) is 15.0. The van der Waals surface area contributed by atoms with Gasteiger partial charge in [-0.2, -0.15) is 5.10 Å². The Labute approximate surface area is 131 Å². The van der Waals surface area contributed by atoms with Crippen LogP contribution in [0, 0.1) is 18.3 Å². The van der Waals surface area contributed by atoms with E-state index in [9.17, 15) is 0 Å². The SMILES string of the molecule is CCNC(Cc1c(Br)c(C)nn1C)C1CCCC1(C)C. The fraction of sp³-hybridized carbons (Fsp3) is 0.812. The van der Waals surface area contributed by atoms with Gasteiger partial charge in [-0.05, 0) is 53.6 Å². The molecule has 3 nitrogen and oxygen atoms in total. The molecule has 0 radical (unpaired) electrons. The van der Waals surface area contributed by atoms with E-state index in [0.29, 0.717) is 11.5 Å². The van der Waals surface area contributed by atoms with Crippen LogP contribution in [0.3, 0.4) is 0 Å². The van der Waals surface area contributed by atoms with E-state index in [2.05, 4.69) is 61.1 Å². The van der Waals surface area contributed by atoms with Gasteiger partial charge in [0.2, 0.25) is 0 Å². The Bertz CT molecular complexity index is 465. The first-order valence-electron chi connectivity index (χ1n) is 7.78. The van der Waals surface area contributed by atoms with Crippen molar-refractivity contribution < 1.29 is 0 Å². The molecule has 1 heterocycles. The predicted octanol–water partition coefficient (Wildman–Crippen LogP) is 3.84. The molecule has 1 aromatic heterocycles. The van der Waals surface area contributed by atoms with Gasteiger partial charge < -0.3 is 5.32 Å². The summed E-state index contributed by atoms with van der Waals surface area (Å²) in [5.41, 5.74) is 2.85. The van der Waals surface area contributed by atoms with E-state index in [1.807, 2.05) is 4.68 Å². The van der Waals surface area contributed by atoms with Gasteiger partial charge in [0.15, 0.2) is 0 Å². The van der Waals surface area contributed by atoms with Crippen LogP contribution in [-0.4, -0.2) is 22.4 Å². The van der Waals surface area contributed by atoms with Crippen molar-refractivity contribution in [2.24, 2.45) is 18.4 Å². The number of rotatable bonds is 5. The fourth-order valence-corrected chi connectivity index (χ4v) is 4.33. The van der Waals surface area contributed by atoms with E-state index in [0.717, 1.165) is 24.6 Å². The normalized spacial score (nSPS) is 23.2. The van der Waals surface area contributed by atoms with Crippen LogP contribution in [0.2, 0.25) is 0 Å². The summed E-state index contributed by atoms with van der Waals surface area (Å²) in [5, 5.41) is 8.26. The fourth-order valence-electron chi connectivity index (χ4n) is 3.83. The predicted molar refractivity (Wildman–Crippen MR) is 87.9 cm³/mol. The Balaban J connectivity index is 2.21. The Morgan fingerprint density at radius 3 is 2.65 bits per heavy atom. The van der Waals surface area contributed by atoms with Gasteiger partial charge >= 0.3 is 0 Å². The quantitative estimate of drug-likeness (QED) is 0.881. The molecule has 0 bridgehead atoms. The van der Waals surface area contributed by atoms with Gasteiger partial charge in [0, 0.05) is 19.5 Å². The van der Waals surface area contributed by atoms with Crippen molar-refractivity contribution in [1.29, 1.82) is 0 Å². The zero-order valence-electron chi connectivity index (χ0n) is 13.5. The van der Waals surface area contributed by atoms with Crippen LogP contribution in [0.1, 0.15) is 51.4 Å². The Hall–Kier alpha value is -0.350. The van der Waals surface area contributed by atoms with Crippen molar-refractivity contribution in [3.63, 3.8) is 0 Å². The molecule has 1 fully saturated rings.